The number of rotatable bonds is 3. The van der Waals surface area contributed by atoms with Crippen molar-refractivity contribution in [3.63, 3.8) is 0 Å². The van der Waals surface area contributed by atoms with Crippen molar-refractivity contribution in [3.05, 3.63) is 39.6 Å². The topological polar surface area (TPSA) is 56.3 Å². The van der Waals surface area contributed by atoms with Gasteiger partial charge < -0.3 is 4.74 Å². The van der Waals surface area contributed by atoms with Crippen LogP contribution >= 0.6 is 22.9 Å². The summed E-state index contributed by atoms with van der Waals surface area (Å²) < 4.78 is 20.1. The first-order chi connectivity index (χ1) is 12.5. The molecular weight excluding hydrogens is 389 g/mol. The van der Waals surface area contributed by atoms with Gasteiger partial charge in [-0.05, 0) is 52.3 Å². The average Bonchev–Trinajstić information content (AvgIpc) is 2.96. The van der Waals surface area contributed by atoms with E-state index in [-0.39, 0.29) is 11.6 Å². The number of aryl methyl sites for hydroxylation is 1. The summed E-state index contributed by atoms with van der Waals surface area (Å²) in [6.07, 6.45) is 0.584. The third-order valence-electron chi connectivity index (χ3n) is 4.71. The number of aromatic nitrogens is 1. The Balaban J connectivity index is 2.15. The molecule has 0 unspecified atom stereocenters. The van der Waals surface area contributed by atoms with Gasteiger partial charge in [0, 0.05) is 15.5 Å². The molecule has 0 amide bonds. The quantitative estimate of drug-likeness (QED) is 0.671. The molecule has 1 aromatic heterocycles. The molecule has 0 saturated carbocycles. The fourth-order valence-electron chi connectivity index (χ4n) is 3.42. The number of carbonyl (C=O) groups excluding carboxylic acids is 2. The Labute approximate surface area is 166 Å². The zero-order chi connectivity index (χ0) is 20.1. The highest BCUT2D eigenvalue weighted by Crippen LogP contribution is 2.42. The third-order valence-corrected chi connectivity index (χ3v) is 6.19. The summed E-state index contributed by atoms with van der Waals surface area (Å²) in [5, 5.41) is 0.723. The summed E-state index contributed by atoms with van der Waals surface area (Å²) in [7, 11) is 0. The lowest BCUT2D eigenvalue weighted by molar-refractivity contribution is -0.184. The van der Waals surface area contributed by atoms with Gasteiger partial charge in [-0.3, -0.25) is 9.59 Å². The maximum atomic E-state index is 14.4. The first kappa shape index (κ1) is 20.1. The van der Waals surface area contributed by atoms with Crippen molar-refractivity contribution in [2.45, 2.75) is 58.2 Å². The highest BCUT2D eigenvalue weighted by Gasteiger charge is 2.54. The molecule has 1 aliphatic heterocycles. The summed E-state index contributed by atoms with van der Waals surface area (Å²) >= 11 is 7.12. The van der Waals surface area contributed by atoms with Crippen molar-refractivity contribution in [1.82, 2.24) is 4.98 Å². The zero-order valence-corrected chi connectivity index (χ0v) is 17.4. The standard InChI is InChI=1S/C20H21ClFNO3S/c1-6-13-15(14-16(24)19(2,3)26-20(4,5)17(14)25)23-18(27-13)11-8-7-10(21)9-12(11)22/h7-9,14H,6H2,1-5H3. The van der Waals surface area contributed by atoms with E-state index in [0.29, 0.717) is 27.7 Å². The molecule has 7 heteroatoms. The van der Waals surface area contributed by atoms with Gasteiger partial charge in [-0.15, -0.1) is 11.3 Å². The molecule has 1 fully saturated rings. The predicted molar refractivity (Wildman–Crippen MR) is 104 cm³/mol. The minimum absolute atomic E-state index is 0.294. The second kappa shape index (κ2) is 6.76. The average molecular weight is 410 g/mol. The molecule has 1 aromatic carbocycles. The Kier molecular flexibility index (Phi) is 5.04. The van der Waals surface area contributed by atoms with E-state index >= 15 is 0 Å². The van der Waals surface area contributed by atoms with Crippen LogP contribution in [0.5, 0.6) is 0 Å². The number of nitrogens with zero attached hydrogens (tertiary/aromatic N) is 1. The summed E-state index contributed by atoms with van der Waals surface area (Å²) in [4.78, 5) is 31.3. The first-order valence-electron chi connectivity index (χ1n) is 8.71. The van der Waals surface area contributed by atoms with E-state index in [1.165, 1.54) is 17.4 Å². The molecule has 1 saturated heterocycles. The number of ketones is 2. The van der Waals surface area contributed by atoms with E-state index < -0.39 is 22.9 Å². The number of thiazole rings is 1. The van der Waals surface area contributed by atoms with Gasteiger partial charge in [-0.1, -0.05) is 18.5 Å². The Morgan fingerprint density at radius 2 is 1.78 bits per heavy atom. The van der Waals surface area contributed by atoms with Crippen molar-refractivity contribution in [1.29, 1.82) is 0 Å². The van der Waals surface area contributed by atoms with E-state index in [2.05, 4.69) is 4.98 Å². The number of Topliss-reactive ketones (excluding diaryl/α,β-unsaturated/α-hetero) is 2. The number of halogens is 2. The first-order valence-corrected chi connectivity index (χ1v) is 9.91. The highest BCUT2D eigenvalue weighted by molar-refractivity contribution is 7.15. The van der Waals surface area contributed by atoms with E-state index in [1.54, 1.807) is 39.8 Å². The van der Waals surface area contributed by atoms with Crippen LogP contribution in [0.25, 0.3) is 10.6 Å². The van der Waals surface area contributed by atoms with Crippen LogP contribution in [-0.4, -0.2) is 27.8 Å². The fraction of sp³-hybridized carbons (Fsp3) is 0.450. The van der Waals surface area contributed by atoms with Gasteiger partial charge in [0.1, 0.15) is 27.9 Å². The van der Waals surface area contributed by atoms with Crippen LogP contribution in [0, 0.1) is 5.82 Å². The van der Waals surface area contributed by atoms with Crippen molar-refractivity contribution in [2.75, 3.05) is 0 Å². The minimum Gasteiger partial charge on any atom is -0.354 e. The second-order valence-corrected chi connectivity index (χ2v) is 9.11. The van der Waals surface area contributed by atoms with Gasteiger partial charge in [0.15, 0.2) is 11.6 Å². The van der Waals surface area contributed by atoms with Crippen molar-refractivity contribution >= 4 is 34.5 Å². The van der Waals surface area contributed by atoms with Crippen LogP contribution in [0.1, 0.15) is 51.1 Å². The van der Waals surface area contributed by atoms with Gasteiger partial charge in [0.25, 0.3) is 0 Å². The Morgan fingerprint density at radius 3 is 2.30 bits per heavy atom. The SMILES string of the molecule is CCc1sc(-c2ccc(Cl)cc2F)nc1C1C(=O)C(C)(C)OC(C)(C)C1=O. The van der Waals surface area contributed by atoms with Crippen LogP contribution in [0.2, 0.25) is 5.02 Å². The molecule has 0 bridgehead atoms. The molecule has 2 heterocycles. The van der Waals surface area contributed by atoms with Crippen LogP contribution in [0.15, 0.2) is 18.2 Å². The van der Waals surface area contributed by atoms with Crippen molar-refractivity contribution in [3.8, 4) is 10.6 Å². The number of benzene rings is 1. The normalized spacial score (nSPS) is 19.5. The third kappa shape index (κ3) is 3.46. The van der Waals surface area contributed by atoms with Gasteiger partial charge in [0.2, 0.25) is 0 Å². The van der Waals surface area contributed by atoms with Crippen LogP contribution in [0.4, 0.5) is 4.39 Å². The Bertz CT molecular complexity index is 909. The number of carbonyl (C=O) groups is 2. The minimum atomic E-state index is -1.11. The lowest BCUT2D eigenvalue weighted by Crippen LogP contribution is -2.58. The highest BCUT2D eigenvalue weighted by atomic mass is 35.5. The van der Waals surface area contributed by atoms with Crippen LogP contribution < -0.4 is 0 Å². The molecule has 4 nitrogen and oxygen atoms in total. The number of hydrogen-bond donors (Lipinski definition) is 0. The molecule has 27 heavy (non-hydrogen) atoms. The van der Waals surface area contributed by atoms with Gasteiger partial charge in [0.05, 0.1) is 5.69 Å². The van der Waals surface area contributed by atoms with Gasteiger partial charge in [-0.2, -0.15) is 0 Å². The summed E-state index contributed by atoms with van der Waals surface area (Å²) in [5.41, 5.74) is -1.51. The van der Waals surface area contributed by atoms with Crippen molar-refractivity contribution < 1.29 is 18.7 Å². The zero-order valence-electron chi connectivity index (χ0n) is 15.9. The molecule has 0 spiro atoms. The monoisotopic (exact) mass is 409 g/mol. The maximum absolute atomic E-state index is 14.4. The second-order valence-electron chi connectivity index (χ2n) is 7.59. The van der Waals surface area contributed by atoms with Gasteiger partial charge in [-0.25, -0.2) is 9.37 Å². The molecule has 0 radical (unpaired) electrons. The molecule has 0 aliphatic carbocycles. The van der Waals surface area contributed by atoms with E-state index in [1.807, 2.05) is 6.92 Å². The molecule has 2 aromatic rings. The number of hydrogen-bond acceptors (Lipinski definition) is 5. The molecule has 3 rings (SSSR count). The Hall–Kier alpha value is -1.63. The Morgan fingerprint density at radius 1 is 1.19 bits per heavy atom. The fourth-order valence-corrected chi connectivity index (χ4v) is 4.65. The lowest BCUT2D eigenvalue weighted by Gasteiger charge is -2.42. The lowest BCUT2D eigenvalue weighted by atomic mass is 9.76. The number of ether oxygens (including phenoxy) is 1. The predicted octanol–water partition coefficient (Wildman–Crippen LogP) is 4.97. The molecule has 0 atom stereocenters. The summed E-state index contributed by atoms with van der Waals surface area (Å²) in [6.45, 7) is 8.56. The largest absolute Gasteiger partial charge is 0.354 e. The van der Waals surface area contributed by atoms with E-state index in [9.17, 15) is 14.0 Å². The summed E-state index contributed by atoms with van der Waals surface area (Å²) in [5.74, 6) is -2.15. The molecular formula is C20H21ClFNO3S. The molecule has 144 valence electrons. The maximum Gasteiger partial charge on any atom is 0.180 e. The summed E-state index contributed by atoms with van der Waals surface area (Å²) in [6, 6.07) is 4.37. The molecule has 0 N–H and O–H groups in total. The van der Waals surface area contributed by atoms with Crippen molar-refractivity contribution in [2.24, 2.45) is 0 Å². The van der Waals surface area contributed by atoms with Gasteiger partial charge >= 0.3 is 0 Å². The van der Waals surface area contributed by atoms with E-state index in [4.69, 9.17) is 16.3 Å². The van der Waals surface area contributed by atoms with E-state index in [0.717, 1.165) is 4.88 Å². The smallest absolute Gasteiger partial charge is 0.180 e. The molecule has 1 aliphatic rings. The van der Waals surface area contributed by atoms with Crippen LogP contribution in [-0.2, 0) is 20.7 Å². The van der Waals surface area contributed by atoms with Crippen LogP contribution in [0.3, 0.4) is 0 Å².